The number of nitrogens with one attached hydrogen (secondary N) is 1. The van der Waals surface area contributed by atoms with Crippen molar-refractivity contribution >= 4 is 34.3 Å². The number of aromatic amines is 1. The van der Waals surface area contributed by atoms with Crippen molar-refractivity contribution in [2.45, 2.75) is 20.0 Å². The molecule has 0 aliphatic rings. The number of hydrogen-bond acceptors (Lipinski definition) is 4. The number of halogens is 1. The van der Waals surface area contributed by atoms with Gasteiger partial charge in [0.2, 0.25) is 5.78 Å². The lowest BCUT2D eigenvalue weighted by molar-refractivity contribution is -0.133. The lowest BCUT2D eigenvalue weighted by Gasteiger charge is -2.08. The number of ketones is 1. The highest BCUT2D eigenvalue weighted by atomic mass is 35.5. The fraction of sp³-hybridized carbons (Fsp3) is 0.120. The van der Waals surface area contributed by atoms with Crippen LogP contribution in [0.1, 0.15) is 35.0 Å². The maximum Gasteiger partial charge on any atom is 0.310 e. The number of aromatic nitrogens is 1. The fourth-order valence-corrected chi connectivity index (χ4v) is 3.36. The summed E-state index contributed by atoms with van der Waals surface area (Å²) in [5, 5.41) is 1.14. The minimum absolute atomic E-state index is 0.196. The molecule has 1 aromatic heterocycles. The Morgan fingerprint density at radius 2 is 1.71 bits per heavy atom. The summed E-state index contributed by atoms with van der Waals surface area (Å²) in [6.07, 6.45) is 0.196. The largest absolute Gasteiger partial charge is 0.489 e. The normalized spacial score (nSPS) is 10.8. The first-order valence-electron chi connectivity index (χ1n) is 9.88. The molecule has 3 aromatic carbocycles. The van der Waals surface area contributed by atoms with Gasteiger partial charge in [0.05, 0.1) is 5.52 Å². The number of carbonyl (C=O) groups excluding carboxylic acids is 2. The maximum absolute atomic E-state index is 13.2. The molecule has 31 heavy (non-hydrogen) atoms. The molecule has 4 aromatic rings. The van der Waals surface area contributed by atoms with Crippen LogP contribution in [0.4, 0.5) is 0 Å². The van der Waals surface area contributed by atoms with E-state index in [1.165, 1.54) is 0 Å². The molecule has 0 bridgehead atoms. The first-order chi connectivity index (χ1) is 15.0. The van der Waals surface area contributed by atoms with Crippen molar-refractivity contribution in [1.29, 1.82) is 0 Å². The number of rotatable bonds is 7. The number of benzene rings is 3. The molecule has 0 unspecified atom stereocenters. The third-order valence-electron chi connectivity index (χ3n) is 4.81. The lowest BCUT2D eigenvalue weighted by atomic mass is 10.1. The topological polar surface area (TPSA) is 68.4 Å². The molecule has 6 heteroatoms. The molecule has 1 heterocycles. The van der Waals surface area contributed by atoms with Crippen LogP contribution in [0.3, 0.4) is 0 Å². The van der Waals surface area contributed by atoms with Gasteiger partial charge < -0.3 is 14.5 Å². The van der Waals surface area contributed by atoms with Crippen LogP contribution in [-0.4, -0.2) is 16.7 Å². The van der Waals surface area contributed by atoms with Crippen LogP contribution in [0, 0.1) is 0 Å². The predicted molar refractivity (Wildman–Crippen MR) is 120 cm³/mol. The van der Waals surface area contributed by atoms with Crippen LogP contribution in [0.2, 0.25) is 5.02 Å². The Labute approximate surface area is 184 Å². The second-order valence-electron chi connectivity index (χ2n) is 6.97. The maximum atomic E-state index is 13.2. The minimum Gasteiger partial charge on any atom is -0.489 e. The van der Waals surface area contributed by atoms with Gasteiger partial charge in [-0.05, 0) is 48.0 Å². The van der Waals surface area contributed by atoms with Crippen molar-refractivity contribution in [3.8, 4) is 11.5 Å². The van der Waals surface area contributed by atoms with Gasteiger partial charge in [-0.25, -0.2) is 0 Å². The first kappa shape index (κ1) is 20.7. The quantitative estimate of drug-likeness (QED) is 0.289. The van der Waals surface area contributed by atoms with Crippen LogP contribution in [0.15, 0.2) is 72.8 Å². The van der Waals surface area contributed by atoms with Crippen molar-refractivity contribution in [3.63, 3.8) is 0 Å². The number of fused-ring (bicyclic) bond motifs is 1. The molecule has 0 saturated heterocycles. The predicted octanol–water partition coefficient (Wildman–Crippen LogP) is 5.95. The van der Waals surface area contributed by atoms with Crippen molar-refractivity contribution < 1.29 is 19.1 Å². The van der Waals surface area contributed by atoms with E-state index >= 15 is 0 Å². The molecule has 0 fully saturated rings. The minimum atomic E-state index is -0.422. The van der Waals surface area contributed by atoms with E-state index in [9.17, 15) is 9.59 Å². The highest BCUT2D eigenvalue weighted by Crippen LogP contribution is 2.34. The van der Waals surface area contributed by atoms with E-state index in [0.29, 0.717) is 33.8 Å². The van der Waals surface area contributed by atoms with Gasteiger partial charge in [-0.3, -0.25) is 9.59 Å². The zero-order valence-electron chi connectivity index (χ0n) is 16.9. The first-order valence-corrected chi connectivity index (χ1v) is 10.3. The van der Waals surface area contributed by atoms with Crippen LogP contribution in [-0.2, 0) is 11.4 Å². The smallest absolute Gasteiger partial charge is 0.310 e. The van der Waals surface area contributed by atoms with Crippen molar-refractivity contribution in [1.82, 2.24) is 4.98 Å². The van der Waals surface area contributed by atoms with Crippen LogP contribution < -0.4 is 9.47 Å². The Kier molecular flexibility index (Phi) is 6.05. The molecule has 156 valence electrons. The second kappa shape index (κ2) is 9.06. The van der Waals surface area contributed by atoms with Gasteiger partial charge in [0.15, 0.2) is 5.75 Å². The third-order valence-corrected chi connectivity index (χ3v) is 5.04. The fourth-order valence-electron chi connectivity index (χ4n) is 3.18. The third kappa shape index (κ3) is 4.62. The number of H-pyrrole nitrogens is 1. The Balaban J connectivity index is 1.59. The van der Waals surface area contributed by atoms with Crippen molar-refractivity contribution in [2.24, 2.45) is 0 Å². The molecule has 0 aliphatic heterocycles. The second-order valence-corrected chi connectivity index (χ2v) is 7.41. The number of hydrogen-bond donors (Lipinski definition) is 1. The Morgan fingerprint density at radius 1 is 0.968 bits per heavy atom. The van der Waals surface area contributed by atoms with E-state index in [-0.39, 0.29) is 23.6 Å². The summed E-state index contributed by atoms with van der Waals surface area (Å²) in [6, 6.07) is 21.8. The van der Waals surface area contributed by atoms with Gasteiger partial charge in [-0.2, -0.15) is 0 Å². The van der Waals surface area contributed by atoms with E-state index in [2.05, 4.69) is 4.98 Å². The van der Waals surface area contributed by atoms with E-state index in [1.807, 2.05) is 30.3 Å². The summed E-state index contributed by atoms with van der Waals surface area (Å²) in [5.41, 5.74) is 2.33. The van der Waals surface area contributed by atoms with Crippen molar-refractivity contribution in [2.75, 3.05) is 0 Å². The average Bonchev–Trinajstić information content (AvgIpc) is 3.15. The molecule has 0 amide bonds. The summed E-state index contributed by atoms with van der Waals surface area (Å²) in [6.45, 7) is 2.14. The molecule has 0 radical (unpaired) electrons. The molecule has 0 atom stereocenters. The molecule has 5 nitrogen and oxygen atoms in total. The van der Waals surface area contributed by atoms with Crippen LogP contribution >= 0.6 is 11.6 Å². The molecular formula is C25H20ClNO4. The van der Waals surface area contributed by atoms with Gasteiger partial charge in [0.1, 0.15) is 18.1 Å². The summed E-state index contributed by atoms with van der Waals surface area (Å²) < 4.78 is 11.3. The highest BCUT2D eigenvalue weighted by molar-refractivity contribution is 6.31. The van der Waals surface area contributed by atoms with Gasteiger partial charge in [0, 0.05) is 22.4 Å². The van der Waals surface area contributed by atoms with Crippen molar-refractivity contribution in [3.05, 3.63) is 94.6 Å². The molecular weight excluding hydrogens is 414 g/mol. The van der Waals surface area contributed by atoms with Crippen LogP contribution in [0.5, 0.6) is 11.5 Å². The van der Waals surface area contributed by atoms with E-state index in [1.54, 1.807) is 49.4 Å². The summed E-state index contributed by atoms with van der Waals surface area (Å²) in [7, 11) is 0. The Hall–Kier alpha value is -3.57. The SMILES string of the molecule is CCC(=O)Oc1c(C(=O)c2ccc(OCc3ccccc3)cc2)[nH]c2cc(Cl)ccc12. The molecule has 0 saturated carbocycles. The van der Waals surface area contributed by atoms with E-state index in [4.69, 9.17) is 21.1 Å². The van der Waals surface area contributed by atoms with E-state index < -0.39 is 5.97 Å². The standard InChI is InChI=1S/C25H20ClNO4/c1-2-22(28)31-25-20-13-10-18(26)14-21(20)27-23(25)24(29)17-8-11-19(12-9-17)30-15-16-6-4-3-5-7-16/h3-14,27H,2,15H2,1H3. The van der Waals surface area contributed by atoms with E-state index in [0.717, 1.165) is 5.56 Å². The molecule has 4 rings (SSSR count). The summed E-state index contributed by atoms with van der Waals surface area (Å²) >= 11 is 6.07. The van der Waals surface area contributed by atoms with Gasteiger partial charge in [0.25, 0.3) is 0 Å². The Morgan fingerprint density at radius 3 is 2.42 bits per heavy atom. The molecule has 1 N–H and O–H groups in total. The zero-order chi connectivity index (χ0) is 21.8. The highest BCUT2D eigenvalue weighted by Gasteiger charge is 2.22. The molecule has 0 spiro atoms. The zero-order valence-corrected chi connectivity index (χ0v) is 17.6. The van der Waals surface area contributed by atoms with Gasteiger partial charge >= 0.3 is 5.97 Å². The van der Waals surface area contributed by atoms with Gasteiger partial charge in [-0.15, -0.1) is 0 Å². The Bertz CT molecular complexity index is 1230. The summed E-state index contributed by atoms with van der Waals surface area (Å²) in [5.74, 6) is 0.157. The molecule has 0 aliphatic carbocycles. The number of ether oxygens (including phenoxy) is 2. The summed E-state index contributed by atoms with van der Waals surface area (Å²) in [4.78, 5) is 28.2. The number of esters is 1. The van der Waals surface area contributed by atoms with Crippen LogP contribution in [0.25, 0.3) is 10.9 Å². The average molecular weight is 434 g/mol. The lowest BCUT2D eigenvalue weighted by Crippen LogP contribution is -2.10. The monoisotopic (exact) mass is 433 g/mol. The number of carbonyl (C=O) groups is 2. The van der Waals surface area contributed by atoms with Gasteiger partial charge in [-0.1, -0.05) is 48.9 Å².